The largest absolute Gasteiger partial charge is 0.383 e. The molecule has 0 aliphatic carbocycles. The lowest BCUT2D eigenvalue weighted by Gasteiger charge is -2.27. The number of hydrogen-bond donors (Lipinski definition) is 3. The predicted octanol–water partition coefficient (Wildman–Crippen LogP) is 4.13. The summed E-state index contributed by atoms with van der Waals surface area (Å²) >= 11 is 5.90. The van der Waals surface area contributed by atoms with E-state index in [2.05, 4.69) is 25.9 Å². The third-order valence-corrected chi connectivity index (χ3v) is 5.58. The number of nitrogens with one attached hydrogen (secondary N) is 3. The fraction of sp³-hybridized carbons (Fsp3) is 0.304. The second-order valence-electron chi connectivity index (χ2n) is 7.57. The number of benzene rings is 2. The first-order valence-electron chi connectivity index (χ1n) is 10.6. The fourth-order valence-electron chi connectivity index (χ4n) is 3.63. The molecule has 2 amide bonds. The average molecular weight is 455 g/mol. The van der Waals surface area contributed by atoms with Crippen molar-refractivity contribution in [3.8, 4) is 11.3 Å². The lowest BCUT2D eigenvalue weighted by atomic mass is 10.1. The second kappa shape index (κ2) is 10.5. The van der Waals surface area contributed by atoms with E-state index in [0.717, 1.165) is 56.3 Å². The summed E-state index contributed by atoms with van der Waals surface area (Å²) in [6.07, 6.45) is 1.76. The number of hydrogen-bond acceptors (Lipinski definition) is 5. The molecule has 0 unspecified atom stereocenters. The van der Waals surface area contributed by atoms with Gasteiger partial charge >= 0.3 is 6.03 Å². The van der Waals surface area contributed by atoms with E-state index in [1.165, 1.54) is 0 Å². The zero-order chi connectivity index (χ0) is 22.3. The Labute approximate surface area is 192 Å². The van der Waals surface area contributed by atoms with Crippen molar-refractivity contribution in [1.29, 1.82) is 0 Å². The SMILES string of the molecule is Cn1nccc1-c1cc(NC(=O)Nc2ccc(Cl)cc2)ccc1NCCN1CCOCC1. The topological polar surface area (TPSA) is 83.5 Å². The maximum Gasteiger partial charge on any atom is 0.323 e. The Bertz CT molecular complexity index is 1050. The molecule has 4 rings (SSSR count). The van der Waals surface area contributed by atoms with Gasteiger partial charge in [-0.1, -0.05) is 11.6 Å². The molecule has 1 saturated heterocycles. The van der Waals surface area contributed by atoms with Crippen LogP contribution in [0.5, 0.6) is 0 Å². The third kappa shape index (κ3) is 5.79. The molecule has 1 aliphatic rings. The minimum absolute atomic E-state index is 0.323. The van der Waals surface area contributed by atoms with Crippen LogP contribution in [0.1, 0.15) is 0 Å². The van der Waals surface area contributed by atoms with Crippen molar-refractivity contribution >= 4 is 34.7 Å². The number of nitrogens with zero attached hydrogens (tertiary/aromatic N) is 3. The lowest BCUT2D eigenvalue weighted by Crippen LogP contribution is -2.39. The number of carbonyl (C=O) groups excluding carboxylic acids is 1. The van der Waals surface area contributed by atoms with Gasteiger partial charge in [-0.3, -0.25) is 9.58 Å². The first-order chi connectivity index (χ1) is 15.6. The van der Waals surface area contributed by atoms with Gasteiger partial charge in [-0.15, -0.1) is 0 Å². The van der Waals surface area contributed by atoms with Crippen molar-refractivity contribution in [1.82, 2.24) is 14.7 Å². The number of urea groups is 1. The molecule has 1 aliphatic heterocycles. The first-order valence-corrected chi connectivity index (χ1v) is 11.0. The molecule has 3 N–H and O–H groups in total. The molecule has 168 valence electrons. The predicted molar refractivity (Wildman–Crippen MR) is 128 cm³/mol. The standard InChI is InChI=1S/C23H27ClN6O2/c1-29-22(8-9-26-29)20-16-19(28-23(31)27-18-4-2-17(24)3-5-18)6-7-21(20)25-10-11-30-12-14-32-15-13-30/h2-9,16,25H,10-15H2,1H3,(H2,27,28,31). The Balaban J connectivity index is 1.46. The van der Waals surface area contributed by atoms with Crippen molar-refractivity contribution in [2.24, 2.45) is 7.05 Å². The van der Waals surface area contributed by atoms with Gasteiger partial charge in [0.1, 0.15) is 0 Å². The number of morpholine rings is 1. The highest BCUT2D eigenvalue weighted by Gasteiger charge is 2.13. The summed E-state index contributed by atoms with van der Waals surface area (Å²) < 4.78 is 7.24. The van der Waals surface area contributed by atoms with Gasteiger partial charge in [0.2, 0.25) is 0 Å². The molecular formula is C23H27ClN6O2. The van der Waals surface area contributed by atoms with Crippen molar-refractivity contribution in [3.63, 3.8) is 0 Å². The van der Waals surface area contributed by atoms with E-state index in [1.54, 1.807) is 30.5 Å². The van der Waals surface area contributed by atoms with Crippen LogP contribution < -0.4 is 16.0 Å². The molecule has 1 aromatic heterocycles. The minimum atomic E-state index is -0.323. The van der Waals surface area contributed by atoms with Crippen molar-refractivity contribution in [2.45, 2.75) is 0 Å². The number of aryl methyl sites for hydroxylation is 1. The van der Waals surface area contributed by atoms with Crippen molar-refractivity contribution in [3.05, 3.63) is 59.8 Å². The summed E-state index contributed by atoms with van der Waals surface area (Å²) in [7, 11) is 1.90. The Morgan fingerprint density at radius 2 is 1.78 bits per heavy atom. The molecule has 0 spiro atoms. The first kappa shape index (κ1) is 22.1. The van der Waals surface area contributed by atoms with Gasteiger partial charge in [-0.25, -0.2) is 4.79 Å². The highest BCUT2D eigenvalue weighted by molar-refractivity contribution is 6.30. The van der Waals surface area contributed by atoms with Crippen LogP contribution in [-0.4, -0.2) is 60.1 Å². The zero-order valence-electron chi connectivity index (χ0n) is 18.0. The van der Waals surface area contributed by atoms with Crippen LogP contribution in [-0.2, 0) is 11.8 Å². The molecule has 2 heterocycles. The summed E-state index contributed by atoms with van der Waals surface area (Å²) in [5, 5.41) is 14.2. The summed E-state index contributed by atoms with van der Waals surface area (Å²) in [5.41, 5.74) is 4.27. The van der Waals surface area contributed by atoms with E-state index in [-0.39, 0.29) is 6.03 Å². The minimum Gasteiger partial charge on any atom is -0.383 e. The van der Waals surface area contributed by atoms with Gasteiger partial charge in [0.25, 0.3) is 0 Å². The third-order valence-electron chi connectivity index (χ3n) is 5.32. The van der Waals surface area contributed by atoms with Crippen LogP contribution in [0.15, 0.2) is 54.7 Å². The van der Waals surface area contributed by atoms with E-state index in [0.29, 0.717) is 16.4 Å². The molecule has 8 nitrogen and oxygen atoms in total. The number of carbonyl (C=O) groups is 1. The maximum absolute atomic E-state index is 12.5. The lowest BCUT2D eigenvalue weighted by molar-refractivity contribution is 0.0398. The fourth-order valence-corrected chi connectivity index (χ4v) is 3.75. The van der Waals surface area contributed by atoms with E-state index in [9.17, 15) is 4.79 Å². The number of rotatable bonds is 7. The second-order valence-corrected chi connectivity index (χ2v) is 8.00. The number of ether oxygens (including phenoxy) is 1. The summed E-state index contributed by atoms with van der Waals surface area (Å²) in [5.74, 6) is 0. The van der Waals surface area contributed by atoms with Crippen LogP contribution >= 0.6 is 11.6 Å². The van der Waals surface area contributed by atoms with Crippen LogP contribution in [0.4, 0.5) is 21.9 Å². The van der Waals surface area contributed by atoms with Crippen LogP contribution in [0.3, 0.4) is 0 Å². The zero-order valence-corrected chi connectivity index (χ0v) is 18.7. The van der Waals surface area contributed by atoms with Gasteiger partial charge in [0, 0.05) is 67.1 Å². The number of aromatic nitrogens is 2. The number of halogens is 1. The number of amides is 2. The molecule has 0 saturated carbocycles. The molecule has 0 atom stereocenters. The Morgan fingerprint density at radius 3 is 2.50 bits per heavy atom. The molecule has 3 aromatic rings. The molecular weight excluding hydrogens is 428 g/mol. The van der Waals surface area contributed by atoms with E-state index in [4.69, 9.17) is 16.3 Å². The van der Waals surface area contributed by atoms with Gasteiger partial charge in [-0.05, 0) is 48.5 Å². The quantitative estimate of drug-likeness (QED) is 0.500. The van der Waals surface area contributed by atoms with Crippen LogP contribution in [0.2, 0.25) is 5.02 Å². The monoisotopic (exact) mass is 454 g/mol. The van der Waals surface area contributed by atoms with Gasteiger partial charge in [-0.2, -0.15) is 5.10 Å². The van der Waals surface area contributed by atoms with Gasteiger partial charge in [0.15, 0.2) is 0 Å². The van der Waals surface area contributed by atoms with E-state index < -0.39 is 0 Å². The Morgan fingerprint density at radius 1 is 1.06 bits per heavy atom. The molecule has 32 heavy (non-hydrogen) atoms. The molecule has 2 aromatic carbocycles. The highest BCUT2D eigenvalue weighted by atomic mass is 35.5. The molecule has 0 radical (unpaired) electrons. The molecule has 1 fully saturated rings. The summed E-state index contributed by atoms with van der Waals surface area (Å²) in [6, 6.07) is 14.4. The van der Waals surface area contributed by atoms with E-state index in [1.807, 2.05) is 36.0 Å². The van der Waals surface area contributed by atoms with E-state index >= 15 is 0 Å². The van der Waals surface area contributed by atoms with Crippen LogP contribution in [0.25, 0.3) is 11.3 Å². The molecule has 9 heteroatoms. The Kier molecular flexibility index (Phi) is 7.26. The maximum atomic E-state index is 12.5. The molecule has 0 bridgehead atoms. The van der Waals surface area contributed by atoms with Gasteiger partial charge < -0.3 is 20.7 Å². The van der Waals surface area contributed by atoms with Crippen molar-refractivity contribution < 1.29 is 9.53 Å². The van der Waals surface area contributed by atoms with Crippen LogP contribution in [0, 0.1) is 0 Å². The number of anilines is 3. The normalized spacial score (nSPS) is 14.2. The average Bonchev–Trinajstić information content (AvgIpc) is 3.22. The summed E-state index contributed by atoms with van der Waals surface area (Å²) in [6.45, 7) is 5.26. The van der Waals surface area contributed by atoms with Crippen molar-refractivity contribution in [2.75, 3.05) is 55.3 Å². The smallest absolute Gasteiger partial charge is 0.323 e. The van der Waals surface area contributed by atoms with Gasteiger partial charge in [0.05, 0.1) is 18.9 Å². The highest BCUT2D eigenvalue weighted by Crippen LogP contribution is 2.30. The Hall–Kier alpha value is -3.07. The summed E-state index contributed by atoms with van der Waals surface area (Å²) in [4.78, 5) is 14.8.